The number of nitrogens with zero attached hydrogens (tertiary/aromatic N) is 2. The Hall–Kier alpha value is -2.73. The number of ketones is 1. The summed E-state index contributed by atoms with van der Waals surface area (Å²) in [6.07, 6.45) is 1.92. The third kappa shape index (κ3) is 4.32. The minimum absolute atomic E-state index is 0.0163. The summed E-state index contributed by atoms with van der Waals surface area (Å²) in [6.45, 7) is 3.40. The maximum Gasteiger partial charge on any atom is 0.254 e. The first-order chi connectivity index (χ1) is 14.0. The molecule has 0 spiro atoms. The number of amides is 1. The highest BCUT2D eigenvalue weighted by Crippen LogP contribution is 2.29. The number of ether oxygens (including phenoxy) is 1. The number of Topliss-reactive ketones (excluding diaryl/α,β-unsaturated/α-hetero) is 1. The summed E-state index contributed by atoms with van der Waals surface area (Å²) < 4.78 is 18.3. The molecule has 1 fully saturated rings. The Bertz CT molecular complexity index is 905. The summed E-state index contributed by atoms with van der Waals surface area (Å²) in [5.41, 5.74) is 2.34. The molecule has 1 amide bonds. The molecule has 29 heavy (non-hydrogen) atoms. The number of rotatable bonds is 6. The Morgan fingerprint density at radius 2 is 1.86 bits per heavy atom. The van der Waals surface area contributed by atoms with Gasteiger partial charge in [-0.3, -0.25) is 14.5 Å². The number of methoxy groups -OCH3 is 1. The molecule has 1 saturated heterocycles. The van der Waals surface area contributed by atoms with Crippen LogP contribution in [0, 0.1) is 11.7 Å². The molecule has 6 heteroatoms. The molecule has 2 aromatic carbocycles. The lowest BCUT2D eigenvalue weighted by molar-refractivity contribution is 0.0707. The minimum atomic E-state index is -0.334. The number of piperidine rings is 1. The van der Waals surface area contributed by atoms with Gasteiger partial charge in [0.05, 0.1) is 13.7 Å². The third-order valence-corrected chi connectivity index (χ3v) is 5.91. The molecule has 0 aliphatic carbocycles. The maximum absolute atomic E-state index is 13.0. The van der Waals surface area contributed by atoms with Gasteiger partial charge in [-0.25, -0.2) is 4.39 Å². The third-order valence-electron chi connectivity index (χ3n) is 5.91. The molecular formula is C23H25FN2O3. The van der Waals surface area contributed by atoms with Crippen LogP contribution in [0.2, 0.25) is 0 Å². The number of halogens is 1. The van der Waals surface area contributed by atoms with Crippen molar-refractivity contribution in [3.63, 3.8) is 0 Å². The van der Waals surface area contributed by atoms with Gasteiger partial charge in [-0.05, 0) is 79.9 Å². The fourth-order valence-corrected chi connectivity index (χ4v) is 4.20. The molecule has 0 unspecified atom stereocenters. The van der Waals surface area contributed by atoms with E-state index in [0.29, 0.717) is 24.6 Å². The Morgan fingerprint density at radius 3 is 2.55 bits per heavy atom. The van der Waals surface area contributed by atoms with Gasteiger partial charge in [-0.15, -0.1) is 0 Å². The fourth-order valence-electron chi connectivity index (χ4n) is 4.20. The van der Waals surface area contributed by atoms with Crippen molar-refractivity contribution >= 4 is 11.7 Å². The lowest BCUT2D eigenvalue weighted by atomic mass is 9.95. The first-order valence-corrected chi connectivity index (χ1v) is 10.0. The van der Waals surface area contributed by atoms with E-state index in [-0.39, 0.29) is 17.5 Å². The van der Waals surface area contributed by atoms with E-state index in [9.17, 15) is 14.0 Å². The second-order valence-electron chi connectivity index (χ2n) is 7.86. The molecule has 0 saturated carbocycles. The summed E-state index contributed by atoms with van der Waals surface area (Å²) in [4.78, 5) is 29.1. The maximum atomic E-state index is 13.0. The molecular weight excluding hydrogens is 371 g/mol. The minimum Gasteiger partial charge on any atom is -0.497 e. The van der Waals surface area contributed by atoms with Gasteiger partial charge in [-0.2, -0.15) is 0 Å². The van der Waals surface area contributed by atoms with Crippen LogP contribution in [0.4, 0.5) is 4.39 Å². The van der Waals surface area contributed by atoms with Crippen molar-refractivity contribution in [2.45, 2.75) is 19.4 Å². The lowest BCUT2D eigenvalue weighted by Gasteiger charge is -2.33. The second kappa shape index (κ2) is 8.33. The van der Waals surface area contributed by atoms with Crippen LogP contribution in [0.15, 0.2) is 42.5 Å². The molecule has 0 radical (unpaired) electrons. The van der Waals surface area contributed by atoms with E-state index in [1.54, 1.807) is 7.11 Å². The van der Waals surface area contributed by atoms with Crippen LogP contribution in [-0.2, 0) is 6.54 Å². The lowest BCUT2D eigenvalue weighted by Crippen LogP contribution is -2.40. The summed E-state index contributed by atoms with van der Waals surface area (Å²) in [5, 5.41) is 0. The van der Waals surface area contributed by atoms with Crippen molar-refractivity contribution in [2.24, 2.45) is 5.92 Å². The van der Waals surface area contributed by atoms with Crippen LogP contribution < -0.4 is 4.74 Å². The summed E-state index contributed by atoms with van der Waals surface area (Å²) in [5.74, 6) is 0.989. The molecule has 0 N–H and O–H groups in total. The van der Waals surface area contributed by atoms with E-state index in [4.69, 9.17) is 4.74 Å². The number of carbonyl (C=O) groups is 2. The molecule has 5 nitrogen and oxygen atoms in total. The zero-order valence-corrected chi connectivity index (χ0v) is 16.6. The largest absolute Gasteiger partial charge is 0.497 e. The summed E-state index contributed by atoms with van der Waals surface area (Å²) >= 11 is 0. The Kier molecular flexibility index (Phi) is 5.62. The fraction of sp³-hybridized carbons (Fsp3) is 0.391. The average Bonchev–Trinajstić information content (AvgIpc) is 3.04. The predicted molar refractivity (Wildman–Crippen MR) is 108 cm³/mol. The highest BCUT2D eigenvalue weighted by Gasteiger charge is 2.31. The van der Waals surface area contributed by atoms with Crippen LogP contribution in [0.5, 0.6) is 5.75 Å². The van der Waals surface area contributed by atoms with E-state index in [2.05, 4.69) is 4.90 Å². The van der Waals surface area contributed by atoms with Crippen molar-refractivity contribution in [1.29, 1.82) is 0 Å². The first kappa shape index (κ1) is 19.6. The van der Waals surface area contributed by atoms with Crippen molar-refractivity contribution < 1.29 is 18.7 Å². The molecule has 2 aliphatic rings. The predicted octanol–water partition coefficient (Wildman–Crippen LogP) is 3.39. The van der Waals surface area contributed by atoms with E-state index >= 15 is 0 Å². The number of benzene rings is 2. The van der Waals surface area contributed by atoms with E-state index in [0.717, 1.165) is 49.4 Å². The Balaban J connectivity index is 1.27. The first-order valence-electron chi connectivity index (χ1n) is 10.0. The average molecular weight is 396 g/mol. The van der Waals surface area contributed by atoms with Gasteiger partial charge in [0, 0.05) is 24.2 Å². The van der Waals surface area contributed by atoms with Crippen LogP contribution in [0.1, 0.15) is 39.1 Å². The molecule has 4 rings (SSSR count). The van der Waals surface area contributed by atoms with Gasteiger partial charge in [0.2, 0.25) is 0 Å². The Labute approximate surface area is 170 Å². The highest BCUT2D eigenvalue weighted by atomic mass is 19.1. The molecule has 2 heterocycles. The highest BCUT2D eigenvalue weighted by molar-refractivity contribution is 5.98. The quantitative estimate of drug-likeness (QED) is 0.703. The number of hydrogen-bond donors (Lipinski definition) is 0. The zero-order chi connectivity index (χ0) is 20.4. The molecule has 0 bridgehead atoms. The SMILES string of the molecule is COc1ccc2c(c1)CN(CC1CCN(CC(=O)c3ccc(F)cc3)CC1)C2=O. The standard InChI is InChI=1S/C23H25FN2O3/c1-29-20-6-7-21-18(12-20)14-26(23(21)28)13-16-8-10-25(11-9-16)15-22(27)17-2-4-19(24)5-3-17/h2-7,12,16H,8-11,13-15H2,1H3. The zero-order valence-electron chi connectivity index (χ0n) is 16.6. The number of fused-ring (bicyclic) bond motifs is 1. The van der Waals surface area contributed by atoms with Gasteiger partial charge in [0.15, 0.2) is 5.78 Å². The van der Waals surface area contributed by atoms with Gasteiger partial charge in [0.25, 0.3) is 5.91 Å². The van der Waals surface area contributed by atoms with E-state index in [1.165, 1.54) is 24.3 Å². The van der Waals surface area contributed by atoms with Gasteiger partial charge in [0.1, 0.15) is 11.6 Å². The van der Waals surface area contributed by atoms with Crippen molar-refractivity contribution in [2.75, 3.05) is 33.3 Å². The molecule has 0 aromatic heterocycles. The van der Waals surface area contributed by atoms with Crippen molar-refractivity contribution in [1.82, 2.24) is 9.80 Å². The van der Waals surface area contributed by atoms with Crippen molar-refractivity contribution in [3.05, 3.63) is 65.0 Å². The molecule has 2 aliphatic heterocycles. The van der Waals surface area contributed by atoms with Crippen LogP contribution in [0.3, 0.4) is 0 Å². The topological polar surface area (TPSA) is 49.9 Å². The Morgan fingerprint density at radius 1 is 1.14 bits per heavy atom. The van der Waals surface area contributed by atoms with E-state index < -0.39 is 0 Å². The van der Waals surface area contributed by atoms with Crippen molar-refractivity contribution in [3.8, 4) is 5.75 Å². The van der Waals surface area contributed by atoms with Crippen LogP contribution in [0.25, 0.3) is 0 Å². The smallest absolute Gasteiger partial charge is 0.254 e. The summed E-state index contributed by atoms with van der Waals surface area (Å²) in [6, 6.07) is 11.3. The number of carbonyl (C=O) groups excluding carboxylic acids is 2. The monoisotopic (exact) mass is 396 g/mol. The second-order valence-corrected chi connectivity index (χ2v) is 7.86. The van der Waals surface area contributed by atoms with Gasteiger partial charge >= 0.3 is 0 Å². The number of likely N-dealkylation sites (tertiary alicyclic amines) is 1. The van der Waals surface area contributed by atoms with Gasteiger partial charge in [-0.1, -0.05) is 0 Å². The van der Waals surface area contributed by atoms with E-state index in [1.807, 2.05) is 23.1 Å². The molecule has 2 aromatic rings. The summed E-state index contributed by atoms with van der Waals surface area (Å²) in [7, 11) is 1.63. The molecule has 0 atom stereocenters. The van der Waals surface area contributed by atoms with Crippen LogP contribution in [-0.4, -0.2) is 54.8 Å². The van der Waals surface area contributed by atoms with Gasteiger partial charge < -0.3 is 9.64 Å². The molecule has 152 valence electrons. The normalized spacial score (nSPS) is 17.4. The van der Waals surface area contributed by atoms with Crippen LogP contribution >= 0.6 is 0 Å². The number of hydrogen-bond acceptors (Lipinski definition) is 4.